The van der Waals surface area contributed by atoms with E-state index in [0.29, 0.717) is 23.6 Å². The van der Waals surface area contributed by atoms with Crippen molar-refractivity contribution >= 4 is 28.7 Å². The Balaban J connectivity index is 1.63. The number of ether oxygens (including phenoxy) is 1. The average molecular weight is 368 g/mol. The van der Waals surface area contributed by atoms with E-state index in [2.05, 4.69) is 15.3 Å². The molecule has 0 bridgehead atoms. The molecule has 0 unspecified atom stereocenters. The van der Waals surface area contributed by atoms with Gasteiger partial charge in [0, 0.05) is 25.0 Å². The molecule has 3 rings (SSSR count). The fraction of sp³-hybridized carbons (Fsp3) is 0.211. The van der Waals surface area contributed by atoms with E-state index in [1.54, 1.807) is 35.7 Å². The maximum absolute atomic E-state index is 12.4. The summed E-state index contributed by atoms with van der Waals surface area (Å²) in [6, 6.07) is 10.8. The Labute approximate surface area is 156 Å². The van der Waals surface area contributed by atoms with Gasteiger partial charge in [0.2, 0.25) is 0 Å². The minimum Gasteiger partial charge on any atom is -0.487 e. The zero-order valence-corrected chi connectivity index (χ0v) is 15.7. The molecule has 26 heavy (non-hydrogen) atoms. The molecule has 1 amide bonds. The lowest BCUT2D eigenvalue weighted by Crippen LogP contribution is -2.13. The second kappa shape index (κ2) is 7.97. The number of amides is 1. The summed E-state index contributed by atoms with van der Waals surface area (Å²) in [5.74, 6) is 1.25. The first-order valence-corrected chi connectivity index (χ1v) is 8.98. The quantitative estimate of drug-likeness (QED) is 0.718. The lowest BCUT2D eigenvalue weighted by Gasteiger charge is -2.12. The molecule has 2 heterocycles. The third kappa shape index (κ3) is 4.58. The van der Waals surface area contributed by atoms with Gasteiger partial charge in [-0.2, -0.15) is 0 Å². The van der Waals surface area contributed by atoms with Crippen molar-refractivity contribution < 1.29 is 9.53 Å². The Bertz CT molecular complexity index is 891. The average Bonchev–Trinajstić information content (AvgIpc) is 3.06. The standard InChI is InChI=1S/C19H20N4O2S/c1-13-21-16(12-26-13)11-25-17-6-4-5-14(9-17)19(24)22-15-7-8-18(20-10-15)23(2)3/h4-10,12H,11H2,1-3H3,(H,22,24). The molecular formula is C19H20N4O2S. The van der Waals surface area contributed by atoms with Gasteiger partial charge in [-0.1, -0.05) is 6.07 Å². The highest BCUT2D eigenvalue weighted by Crippen LogP contribution is 2.18. The number of hydrogen-bond acceptors (Lipinski definition) is 6. The maximum Gasteiger partial charge on any atom is 0.255 e. The fourth-order valence-electron chi connectivity index (χ4n) is 2.29. The van der Waals surface area contributed by atoms with Gasteiger partial charge in [-0.25, -0.2) is 9.97 Å². The van der Waals surface area contributed by atoms with Crippen LogP contribution < -0.4 is 15.0 Å². The van der Waals surface area contributed by atoms with Crippen LogP contribution in [0.3, 0.4) is 0 Å². The van der Waals surface area contributed by atoms with Crippen LogP contribution in [0.2, 0.25) is 0 Å². The molecule has 134 valence electrons. The minimum atomic E-state index is -0.209. The zero-order valence-electron chi connectivity index (χ0n) is 14.9. The summed E-state index contributed by atoms with van der Waals surface area (Å²) in [5.41, 5.74) is 2.05. The molecule has 7 heteroatoms. The predicted octanol–water partition coefficient (Wildman–Crippen LogP) is 3.74. The number of carbonyl (C=O) groups is 1. The van der Waals surface area contributed by atoms with Crippen molar-refractivity contribution in [3.63, 3.8) is 0 Å². The molecule has 0 aliphatic rings. The Morgan fingerprint density at radius 3 is 2.77 bits per heavy atom. The Morgan fingerprint density at radius 1 is 1.27 bits per heavy atom. The van der Waals surface area contributed by atoms with Gasteiger partial charge >= 0.3 is 0 Å². The van der Waals surface area contributed by atoms with Crippen LogP contribution >= 0.6 is 11.3 Å². The number of hydrogen-bond donors (Lipinski definition) is 1. The molecular weight excluding hydrogens is 348 g/mol. The zero-order chi connectivity index (χ0) is 18.5. The van der Waals surface area contributed by atoms with Crippen LogP contribution in [-0.4, -0.2) is 30.0 Å². The molecule has 0 saturated heterocycles. The van der Waals surface area contributed by atoms with Crippen molar-refractivity contribution in [2.24, 2.45) is 0 Å². The van der Waals surface area contributed by atoms with Crippen LogP contribution in [0.5, 0.6) is 5.75 Å². The second-order valence-corrected chi connectivity index (χ2v) is 6.99. The Kier molecular flexibility index (Phi) is 5.48. The van der Waals surface area contributed by atoms with Gasteiger partial charge in [0.25, 0.3) is 5.91 Å². The molecule has 6 nitrogen and oxygen atoms in total. The van der Waals surface area contributed by atoms with E-state index in [4.69, 9.17) is 4.74 Å². The monoisotopic (exact) mass is 368 g/mol. The number of aromatic nitrogens is 2. The van der Waals surface area contributed by atoms with Crippen molar-refractivity contribution in [2.45, 2.75) is 13.5 Å². The van der Waals surface area contributed by atoms with E-state index in [1.165, 1.54) is 0 Å². The molecule has 0 spiro atoms. The Hall–Kier alpha value is -2.93. The molecule has 0 saturated carbocycles. The van der Waals surface area contributed by atoms with E-state index < -0.39 is 0 Å². The van der Waals surface area contributed by atoms with Gasteiger partial charge in [0.15, 0.2) is 0 Å². The molecule has 1 aromatic carbocycles. The summed E-state index contributed by atoms with van der Waals surface area (Å²) < 4.78 is 5.73. The van der Waals surface area contributed by atoms with E-state index in [9.17, 15) is 4.79 Å². The maximum atomic E-state index is 12.4. The summed E-state index contributed by atoms with van der Waals surface area (Å²) in [7, 11) is 3.83. The highest BCUT2D eigenvalue weighted by molar-refractivity contribution is 7.09. The highest BCUT2D eigenvalue weighted by atomic mass is 32.1. The largest absolute Gasteiger partial charge is 0.487 e. The smallest absolute Gasteiger partial charge is 0.255 e. The number of nitrogens with zero attached hydrogens (tertiary/aromatic N) is 3. The van der Waals surface area contributed by atoms with Gasteiger partial charge in [-0.3, -0.25) is 4.79 Å². The molecule has 2 aromatic heterocycles. The third-order valence-corrected chi connectivity index (χ3v) is 4.44. The van der Waals surface area contributed by atoms with Crippen LogP contribution in [0.4, 0.5) is 11.5 Å². The molecule has 0 fully saturated rings. The molecule has 1 N–H and O–H groups in total. The summed E-state index contributed by atoms with van der Waals surface area (Å²) in [6.45, 7) is 2.34. The van der Waals surface area contributed by atoms with Crippen molar-refractivity contribution in [2.75, 3.05) is 24.3 Å². The first-order valence-electron chi connectivity index (χ1n) is 8.10. The minimum absolute atomic E-state index is 0.209. The number of carbonyl (C=O) groups excluding carboxylic acids is 1. The normalized spacial score (nSPS) is 10.4. The van der Waals surface area contributed by atoms with Crippen molar-refractivity contribution in [3.8, 4) is 5.75 Å². The van der Waals surface area contributed by atoms with Crippen LogP contribution in [0.15, 0.2) is 48.0 Å². The Morgan fingerprint density at radius 2 is 2.12 bits per heavy atom. The lowest BCUT2D eigenvalue weighted by molar-refractivity contribution is 0.102. The van der Waals surface area contributed by atoms with Gasteiger partial charge in [-0.05, 0) is 37.3 Å². The third-order valence-electron chi connectivity index (χ3n) is 3.61. The molecule has 3 aromatic rings. The number of rotatable bonds is 6. The van der Waals surface area contributed by atoms with Crippen LogP contribution in [-0.2, 0) is 6.61 Å². The number of pyridine rings is 1. The molecule has 0 aliphatic heterocycles. The van der Waals surface area contributed by atoms with Gasteiger partial charge in [-0.15, -0.1) is 11.3 Å². The topological polar surface area (TPSA) is 67.3 Å². The number of benzene rings is 1. The van der Waals surface area contributed by atoms with Crippen molar-refractivity contribution in [3.05, 3.63) is 64.2 Å². The van der Waals surface area contributed by atoms with E-state index in [0.717, 1.165) is 16.5 Å². The van der Waals surface area contributed by atoms with E-state index in [1.807, 2.05) is 49.5 Å². The number of anilines is 2. The van der Waals surface area contributed by atoms with Crippen molar-refractivity contribution in [1.29, 1.82) is 0 Å². The molecule has 0 radical (unpaired) electrons. The fourth-order valence-corrected chi connectivity index (χ4v) is 2.88. The van der Waals surface area contributed by atoms with Crippen molar-refractivity contribution in [1.82, 2.24) is 9.97 Å². The number of aryl methyl sites for hydroxylation is 1. The number of nitrogens with one attached hydrogen (secondary N) is 1. The second-order valence-electron chi connectivity index (χ2n) is 5.93. The predicted molar refractivity (Wildman–Crippen MR) is 104 cm³/mol. The van der Waals surface area contributed by atoms with Gasteiger partial charge < -0.3 is 15.0 Å². The summed E-state index contributed by atoms with van der Waals surface area (Å²) in [5, 5.41) is 5.82. The summed E-state index contributed by atoms with van der Waals surface area (Å²) in [6.07, 6.45) is 1.64. The van der Waals surface area contributed by atoms with Gasteiger partial charge in [0.1, 0.15) is 18.2 Å². The summed E-state index contributed by atoms with van der Waals surface area (Å²) in [4.78, 5) is 23.0. The first-order chi connectivity index (χ1) is 12.5. The highest BCUT2D eigenvalue weighted by Gasteiger charge is 2.09. The molecule has 0 aliphatic carbocycles. The van der Waals surface area contributed by atoms with E-state index in [-0.39, 0.29) is 5.91 Å². The van der Waals surface area contributed by atoms with Crippen LogP contribution in [0, 0.1) is 6.92 Å². The first kappa shape index (κ1) is 17.9. The SMILES string of the molecule is Cc1nc(COc2cccc(C(=O)Nc3ccc(N(C)C)nc3)c2)cs1. The number of thiazole rings is 1. The van der Waals surface area contributed by atoms with Gasteiger partial charge in [0.05, 0.1) is 22.6 Å². The van der Waals surface area contributed by atoms with E-state index >= 15 is 0 Å². The van der Waals surface area contributed by atoms with Crippen LogP contribution in [0.1, 0.15) is 21.1 Å². The summed E-state index contributed by atoms with van der Waals surface area (Å²) >= 11 is 1.59. The molecule has 0 atom stereocenters. The van der Waals surface area contributed by atoms with Crippen LogP contribution in [0.25, 0.3) is 0 Å². The lowest BCUT2D eigenvalue weighted by atomic mass is 10.2.